The molecule has 0 aliphatic rings. The first-order valence-electron chi connectivity index (χ1n) is 6.75. The van der Waals surface area contributed by atoms with Crippen molar-refractivity contribution >= 4 is 6.21 Å². The number of aliphatic hydroxyl groups is 1. The molecular weight excluding hydrogens is 293 g/mol. The number of alkyl halides is 2. The summed E-state index contributed by atoms with van der Waals surface area (Å²) in [5.74, 6) is -1.18. The molecule has 120 valence electrons. The Morgan fingerprint density at radius 2 is 2.18 bits per heavy atom. The zero-order valence-electron chi connectivity index (χ0n) is 12.3. The lowest BCUT2D eigenvalue weighted by Crippen LogP contribution is -2.13. The number of nitrogens with one attached hydrogen (secondary N) is 1. The van der Waals surface area contributed by atoms with Crippen LogP contribution >= 0.6 is 0 Å². The summed E-state index contributed by atoms with van der Waals surface area (Å²) in [6, 6.07) is 3.01. The highest BCUT2D eigenvalue weighted by atomic mass is 19.3. The van der Waals surface area contributed by atoms with Crippen LogP contribution in [0.25, 0.3) is 0 Å². The molecule has 0 saturated carbocycles. The van der Waals surface area contributed by atoms with Crippen molar-refractivity contribution in [2.75, 3.05) is 13.6 Å². The fraction of sp³-hybridized carbons (Fsp3) is 0.312. The topological polar surface area (TPSA) is 44.6 Å². The Hall–Kier alpha value is -1.92. The Labute approximate surface area is 127 Å². The molecule has 1 aromatic rings. The number of halogens is 3. The van der Waals surface area contributed by atoms with Crippen LogP contribution in [0.15, 0.2) is 47.6 Å². The second kappa shape index (κ2) is 8.51. The van der Waals surface area contributed by atoms with Gasteiger partial charge in [-0.15, -0.1) is 6.58 Å². The maximum Gasteiger partial charge on any atom is 0.383 e. The predicted molar refractivity (Wildman–Crippen MR) is 81.5 cm³/mol. The average molecular weight is 312 g/mol. The van der Waals surface area contributed by atoms with Crippen molar-refractivity contribution in [2.45, 2.75) is 19.0 Å². The summed E-state index contributed by atoms with van der Waals surface area (Å²) in [5, 5.41) is 11.5. The van der Waals surface area contributed by atoms with Crippen LogP contribution in [0, 0.1) is 5.82 Å². The van der Waals surface area contributed by atoms with E-state index in [1.165, 1.54) is 12.3 Å². The van der Waals surface area contributed by atoms with E-state index in [0.29, 0.717) is 12.1 Å². The van der Waals surface area contributed by atoms with E-state index in [4.69, 9.17) is 5.11 Å². The monoisotopic (exact) mass is 312 g/mol. The van der Waals surface area contributed by atoms with Crippen LogP contribution in [0.3, 0.4) is 0 Å². The van der Waals surface area contributed by atoms with Crippen molar-refractivity contribution in [3.63, 3.8) is 0 Å². The van der Waals surface area contributed by atoms with Crippen LogP contribution in [0.2, 0.25) is 0 Å². The van der Waals surface area contributed by atoms with E-state index in [0.717, 1.165) is 30.5 Å². The minimum atomic E-state index is -4.19. The van der Waals surface area contributed by atoms with Gasteiger partial charge >= 0.3 is 6.11 Å². The molecular formula is C16H19F3N2O. The fourth-order valence-electron chi connectivity index (χ4n) is 1.80. The molecule has 0 radical (unpaired) electrons. The number of hydrogen-bond acceptors (Lipinski definition) is 3. The lowest BCUT2D eigenvalue weighted by atomic mass is 10.1. The average Bonchev–Trinajstić information content (AvgIpc) is 2.43. The van der Waals surface area contributed by atoms with Crippen molar-refractivity contribution in [2.24, 2.45) is 4.99 Å². The summed E-state index contributed by atoms with van der Waals surface area (Å²) in [5.41, 5.74) is 0.314. The van der Waals surface area contributed by atoms with Gasteiger partial charge in [0, 0.05) is 19.0 Å². The van der Waals surface area contributed by atoms with Gasteiger partial charge < -0.3 is 10.4 Å². The maximum atomic E-state index is 13.5. The molecule has 0 amide bonds. The Morgan fingerprint density at radius 1 is 1.45 bits per heavy atom. The Balaban J connectivity index is 2.85. The molecule has 0 unspecified atom stereocenters. The zero-order valence-corrected chi connectivity index (χ0v) is 12.3. The predicted octanol–water partition coefficient (Wildman–Crippen LogP) is 3.36. The number of benzene rings is 1. The van der Waals surface area contributed by atoms with Crippen LogP contribution in [-0.2, 0) is 6.11 Å². The van der Waals surface area contributed by atoms with E-state index >= 15 is 0 Å². The number of hydrogen-bond donors (Lipinski definition) is 2. The van der Waals surface area contributed by atoms with Gasteiger partial charge in [-0.05, 0) is 43.2 Å². The molecule has 1 aromatic carbocycles. The van der Waals surface area contributed by atoms with Crippen LogP contribution < -0.4 is 5.32 Å². The Kier molecular flexibility index (Phi) is 7.01. The van der Waals surface area contributed by atoms with Gasteiger partial charge in [-0.1, -0.05) is 12.1 Å². The molecule has 0 bridgehead atoms. The van der Waals surface area contributed by atoms with E-state index in [2.05, 4.69) is 16.9 Å². The summed E-state index contributed by atoms with van der Waals surface area (Å²) in [7, 11) is 1.81. The molecule has 0 aliphatic carbocycles. The number of likely N-dealkylation sites (N-methyl/N-ethyl adjacent to an activating group) is 1. The minimum Gasteiger partial charge on any atom is -0.332 e. The van der Waals surface area contributed by atoms with Crippen molar-refractivity contribution < 1.29 is 18.3 Å². The highest BCUT2D eigenvalue weighted by molar-refractivity contribution is 5.80. The number of nitrogens with zero attached hydrogens (tertiary/aromatic N) is 1. The molecule has 0 aromatic heterocycles. The molecule has 22 heavy (non-hydrogen) atoms. The van der Waals surface area contributed by atoms with Gasteiger partial charge in [-0.3, -0.25) is 4.99 Å². The smallest absolute Gasteiger partial charge is 0.332 e. The molecule has 0 fully saturated rings. The summed E-state index contributed by atoms with van der Waals surface area (Å²) < 4.78 is 38.8. The lowest BCUT2D eigenvalue weighted by molar-refractivity contribution is -0.210. The first kappa shape index (κ1) is 18.1. The van der Waals surface area contributed by atoms with Crippen LogP contribution in [0.4, 0.5) is 13.2 Å². The van der Waals surface area contributed by atoms with Gasteiger partial charge in [0.05, 0.1) is 5.56 Å². The highest BCUT2D eigenvalue weighted by Gasteiger charge is 2.31. The van der Waals surface area contributed by atoms with Crippen molar-refractivity contribution in [3.8, 4) is 0 Å². The van der Waals surface area contributed by atoms with E-state index in [1.807, 2.05) is 7.05 Å². The quantitative estimate of drug-likeness (QED) is 0.571. The van der Waals surface area contributed by atoms with Gasteiger partial charge in [0.2, 0.25) is 0 Å². The minimum absolute atomic E-state index is 0.328. The van der Waals surface area contributed by atoms with Crippen molar-refractivity contribution in [1.82, 2.24) is 5.32 Å². The van der Waals surface area contributed by atoms with Gasteiger partial charge in [0.15, 0.2) is 0 Å². The van der Waals surface area contributed by atoms with E-state index in [-0.39, 0.29) is 0 Å². The summed E-state index contributed by atoms with van der Waals surface area (Å²) >= 11 is 0. The third-order valence-corrected chi connectivity index (χ3v) is 2.87. The molecule has 2 N–H and O–H groups in total. The molecule has 0 spiro atoms. The van der Waals surface area contributed by atoms with Gasteiger partial charge in [-0.2, -0.15) is 8.78 Å². The van der Waals surface area contributed by atoms with Crippen LogP contribution in [0.1, 0.15) is 24.0 Å². The number of rotatable bonds is 8. The first-order valence-corrected chi connectivity index (χ1v) is 6.75. The number of allylic oxidation sites excluding steroid dienone is 1. The normalized spacial score (nSPS) is 12.9. The third-order valence-electron chi connectivity index (χ3n) is 2.87. The molecule has 1 rings (SSSR count). The largest absolute Gasteiger partial charge is 0.383 e. The molecule has 0 heterocycles. The van der Waals surface area contributed by atoms with Crippen molar-refractivity contribution in [1.29, 1.82) is 0 Å². The van der Waals surface area contributed by atoms with Gasteiger partial charge in [0.1, 0.15) is 5.82 Å². The summed E-state index contributed by atoms with van der Waals surface area (Å²) in [4.78, 5) is 4.07. The fourth-order valence-corrected chi connectivity index (χ4v) is 1.80. The SMILES string of the molecule is C=CCC/C(=C/N=Cc1ccc(C(O)(F)F)c(F)c1)CNC. The summed E-state index contributed by atoms with van der Waals surface area (Å²) in [6.07, 6.45) is 2.24. The molecule has 6 heteroatoms. The third kappa shape index (κ3) is 5.83. The standard InChI is InChI=1S/C16H19F3N2O/c1-3-4-5-13(9-20-2)11-21-10-12-6-7-14(15(17)8-12)16(18,19)22/h3,6-8,10-11,20,22H,1,4-5,9H2,2H3/b13-11-,21-10?. The molecule has 3 nitrogen and oxygen atoms in total. The second-order valence-corrected chi connectivity index (χ2v) is 4.70. The van der Waals surface area contributed by atoms with Crippen LogP contribution in [0.5, 0.6) is 0 Å². The second-order valence-electron chi connectivity index (χ2n) is 4.70. The zero-order chi connectivity index (χ0) is 16.6. The lowest BCUT2D eigenvalue weighted by Gasteiger charge is -2.09. The first-order chi connectivity index (χ1) is 10.4. The maximum absolute atomic E-state index is 13.5. The van der Waals surface area contributed by atoms with Crippen molar-refractivity contribution in [3.05, 3.63) is 59.6 Å². The van der Waals surface area contributed by atoms with E-state index in [9.17, 15) is 13.2 Å². The Bertz CT molecular complexity index is 563. The molecule has 0 atom stereocenters. The van der Waals surface area contributed by atoms with E-state index < -0.39 is 17.5 Å². The summed E-state index contributed by atoms with van der Waals surface area (Å²) in [6.45, 7) is 4.31. The molecule has 0 saturated heterocycles. The highest BCUT2D eigenvalue weighted by Crippen LogP contribution is 2.26. The Morgan fingerprint density at radius 3 is 2.73 bits per heavy atom. The molecule has 0 aliphatic heterocycles. The number of aliphatic imine (C=N–C) groups is 1. The van der Waals surface area contributed by atoms with Gasteiger partial charge in [0.25, 0.3) is 0 Å². The van der Waals surface area contributed by atoms with E-state index in [1.54, 1.807) is 12.3 Å². The van der Waals surface area contributed by atoms with Crippen LogP contribution in [-0.4, -0.2) is 24.9 Å². The van der Waals surface area contributed by atoms with Gasteiger partial charge in [-0.25, -0.2) is 4.39 Å².